The van der Waals surface area contributed by atoms with Crippen LogP contribution in [0.2, 0.25) is 0 Å². The minimum Gasteiger partial charge on any atom is -0.336 e. The van der Waals surface area contributed by atoms with E-state index in [4.69, 9.17) is 5.73 Å². The van der Waals surface area contributed by atoms with Gasteiger partial charge in [0.05, 0.1) is 6.04 Å². The van der Waals surface area contributed by atoms with Gasteiger partial charge >= 0.3 is 6.03 Å². The number of benzene rings is 1. The molecule has 0 bridgehead atoms. The molecule has 114 valence electrons. The molecule has 21 heavy (non-hydrogen) atoms. The highest BCUT2D eigenvalue weighted by Crippen LogP contribution is 2.21. The standard InChI is InChI=1S/C15H22N4O2/c1-15(2,3)12(16)13(20)18-10-4-6-11(7-5-10)19-9-8-17-14(19)21/h4-7,12H,8-9,16H2,1-3H3,(H,17,21)(H,18,20)/t12-/m1/s1. The van der Waals surface area contributed by atoms with Gasteiger partial charge < -0.3 is 16.4 Å². The molecule has 1 aromatic rings. The first-order chi connectivity index (χ1) is 9.79. The van der Waals surface area contributed by atoms with Crippen molar-refractivity contribution in [2.45, 2.75) is 26.8 Å². The SMILES string of the molecule is CC(C)(C)[C@H](N)C(=O)Nc1ccc(N2CCNC2=O)cc1. The fourth-order valence-corrected chi connectivity index (χ4v) is 2.06. The van der Waals surface area contributed by atoms with Gasteiger partial charge in [0, 0.05) is 24.5 Å². The Labute approximate surface area is 124 Å². The summed E-state index contributed by atoms with van der Waals surface area (Å²) < 4.78 is 0. The molecule has 0 aliphatic carbocycles. The normalized spacial score (nSPS) is 16.6. The largest absolute Gasteiger partial charge is 0.336 e. The lowest BCUT2D eigenvalue weighted by Gasteiger charge is -2.25. The number of rotatable bonds is 3. The van der Waals surface area contributed by atoms with Crippen molar-refractivity contribution in [2.24, 2.45) is 11.1 Å². The van der Waals surface area contributed by atoms with E-state index in [9.17, 15) is 9.59 Å². The van der Waals surface area contributed by atoms with E-state index in [1.165, 1.54) is 0 Å². The van der Waals surface area contributed by atoms with Gasteiger partial charge in [0.25, 0.3) is 0 Å². The summed E-state index contributed by atoms with van der Waals surface area (Å²) in [5, 5.41) is 5.54. The van der Waals surface area contributed by atoms with Crippen molar-refractivity contribution in [3.8, 4) is 0 Å². The van der Waals surface area contributed by atoms with Crippen molar-refractivity contribution >= 4 is 23.3 Å². The molecule has 1 heterocycles. The first-order valence-electron chi connectivity index (χ1n) is 7.01. The summed E-state index contributed by atoms with van der Waals surface area (Å²) in [5.74, 6) is -0.214. The van der Waals surface area contributed by atoms with Gasteiger partial charge in [-0.3, -0.25) is 9.69 Å². The summed E-state index contributed by atoms with van der Waals surface area (Å²) in [6.07, 6.45) is 0. The topological polar surface area (TPSA) is 87.5 Å². The van der Waals surface area contributed by atoms with Crippen LogP contribution in [0, 0.1) is 5.41 Å². The molecule has 2 rings (SSSR count). The quantitative estimate of drug-likeness (QED) is 0.789. The molecule has 0 saturated carbocycles. The van der Waals surface area contributed by atoms with Gasteiger partial charge in [0.2, 0.25) is 5.91 Å². The zero-order chi connectivity index (χ0) is 15.6. The van der Waals surface area contributed by atoms with Crippen molar-refractivity contribution in [1.29, 1.82) is 0 Å². The van der Waals surface area contributed by atoms with Crippen molar-refractivity contribution in [2.75, 3.05) is 23.3 Å². The lowest BCUT2D eigenvalue weighted by atomic mass is 9.87. The molecule has 0 radical (unpaired) electrons. The fraction of sp³-hybridized carbons (Fsp3) is 0.467. The molecule has 0 aromatic heterocycles. The van der Waals surface area contributed by atoms with E-state index in [-0.39, 0.29) is 17.4 Å². The molecular formula is C15H22N4O2. The predicted octanol–water partition coefficient (Wildman–Crippen LogP) is 1.53. The molecule has 1 aromatic carbocycles. The highest BCUT2D eigenvalue weighted by Gasteiger charge is 2.27. The third-order valence-electron chi connectivity index (χ3n) is 3.52. The van der Waals surface area contributed by atoms with E-state index in [2.05, 4.69) is 10.6 Å². The Morgan fingerprint density at radius 1 is 1.33 bits per heavy atom. The minimum absolute atomic E-state index is 0.0958. The van der Waals surface area contributed by atoms with Gasteiger partial charge in [-0.15, -0.1) is 0 Å². The number of carbonyl (C=O) groups is 2. The maximum atomic E-state index is 12.0. The van der Waals surface area contributed by atoms with Crippen molar-refractivity contribution in [1.82, 2.24) is 5.32 Å². The average Bonchev–Trinajstić information content (AvgIpc) is 2.84. The van der Waals surface area contributed by atoms with Crippen LogP contribution in [-0.4, -0.2) is 31.1 Å². The summed E-state index contributed by atoms with van der Waals surface area (Å²) in [5.41, 5.74) is 7.10. The minimum atomic E-state index is -0.582. The van der Waals surface area contributed by atoms with E-state index in [0.717, 1.165) is 5.69 Å². The molecule has 1 fully saturated rings. The lowest BCUT2D eigenvalue weighted by molar-refractivity contribution is -0.119. The number of hydrogen-bond donors (Lipinski definition) is 3. The van der Waals surface area contributed by atoms with Crippen LogP contribution in [0.4, 0.5) is 16.2 Å². The fourth-order valence-electron chi connectivity index (χ4n) is 2.06. The van der Waals surface area contributed by atoms with Gasteiger partial charge in [-0.2, -0.15) is 0 Å². The number of anilines is 2. The van der Waals surface area contributed by atoms with E-state index >= 15 is 0 Å². The van der Waals surface area contributed by atoms with E-state index < -0.39 is 6.04 Å². The summed E-state index contributed by atoms with van der Waals surface area (Å²) >= 11 is 0. The number of hydrogen-bond acceptors (Lipinski definition) is 3. The number of amides is 3. The first-order valence-corrected chi connectivity index (χ1v) is 7.01. The second-order valence-corrected chi connectivity index (χ2v) is 6.26. The van der Waals surface area contributed by atoms with Crippen LogP contribution in [0.3, 0.4) is 0 Å². The highest BCUT2D eigenvalue weighted by molar-refractivity contribution is 5.96. The van der Waals surface area contributed by atoms with Gasteiger partial charge in [0.1, 0.15) is 0 Å². The number of urea groups is 1. The Morgan fingerprint density at radius 2 is 1.95 bits per heavy atom. The molecule has 0 unspecified atom stereocenters. The number of carbonyl (C=O) groups excluding carboxylic acids is 2. The van der Waals surface area contributed by atoms with Crippen LogP contribution in [0.25, 0.3) is 0 Å². The third-order valence-corrected chi connectivity index (χ3v) is 3.52. The molecule has 0 spiro atoms. The van der Waals surface area contributed by atoms with Crippen molar-refractivity contribution in [3.05, 3.63) is 24.3 Å². The Bertz CT molecular complexity index is 534. The number of nitrogens with one attached hydrogen (secondary N) is 2. The summed E-state index contributed by atoms with van der Waals surface area (Å²) in [4.78, 5) is 25.3. The Morgan fingerprint density at radius 3 is 2.43 bits per heavy atom. The molecule has 6 heteroatoms. The van der Waals surface area contributed by atoms with Crippen LogP contribution < -0.4 is 21.3 Å². The molecule has 3 amide bonds. The van der Waals surface area contributed by atoms with Crippen LogP contribution in [0.15, 0.2) is 24.3 Å². The van der Waals surface area contributed by atoms with Gasteiger partial charge in [0.15, 0.2) is 0 Å². The Kier molecular flexibility index (Phi) is 4.18. The second-order valence-electron chi connectivity index (χ2n) is 6.26. The molecule has 1 saturated heterocycles. The van der Waals surface area contributed by atoms with Crippen molar-refractivity contribution < 1.29 is 9.59 Å². The van der Waals surface area contributed by atoms with E-state index in [1.54, 1.807) is 17.0 Å². The smallest absolute Gasteiger partial charge is 0.321 e. The van der Waals surface area contributed by atoms with Crippen LogP contribution in [-0.2, 0) is 4.79 Å². The van der Waals surface area contributed by atoms with E-state index in [1.807, 2.05) is 32.9 Å². The maximum absolute atomic E-state index is 12.0. The summed E-state index contributed by atoms with van der Waals surface area (Å²) in [7, 11) is 0. The molecular weight excluding hydrogens is 268 g/mol. The Hall–Kier alpha value is -2.08. The van der Waals surface area contributed by atoms with Crippen LogP contribution >= 0.6 is 0 Å². The average molecular weight is 290 g/mol. The molecule has 4 N–H and O–H groups in total. The second kappa shape index (κ2) is 5.73. The van der Waals surface area contributed by atoms with Gasteiger partial charge in [-0.25, -0.2) is 4.79 Å². The van der Waals surface area contributed by atoms with Crippen molar-refractivity contribution in [3.63, 3.8) is 0 Å². The van der Waals surface area contributed by atoms with Gasteiger partial charge in [-0.05, 0) is 29.7 Å². The van der Waals surface area contributed by atoms with Crippen LogP contribution in [0.1, 0.15) is 20.8 Å². The van der Waals surface area contributed by atoms with Gasteiger partial charge in [-0.1, -0.05) is 20.8 Å². The van der Waals surface area contributed by atoms with E-state index in [0.29, 0.717) is 18.8 Å². The Balaban J connectivity index is 2.03. The molecule has 1 aliphatic rings. The monoisotopic (exact) mass is 290 g/mol. The number of nitrogens with zero attached hydrogens (tertiary/aromatic N) is 1. The number of nitrogens with two attached hydrogens (primary N) is 1. The zero-order valence-corrected chi connectivity index (χ0v) is 12.6. The van der Waals surface area contributed by atoms with Crippen LogP contribution in [0.5, 0.6) is 0 Å². The molecule has 1 aliphatic heterocycles. The summed E-state index contributed by atoms with van der Waals surface area (Å²) in [6, 6.07) is 6.48. The maximum Gasteiger partial charge on any atom is 0.321 e. The molecule has 1 atom stereocenters. The summed E-state index contributed by atoms with van der Waals surface area (Å²) in [6.45, 7) is 7.07. The highest BCUT2D eigenvalue weighted by atomic mass is 16.2. The zero-order valence-electron chi connectivity index (χ0n) is 12.6. The third kappa shape index (κ3) is 3.52. The first kappa shape index (κ1) is 15.3. The predicted molar refractivity (Wildman–Crippen MR) is 83.2 cm³/mol. The lowest BCUT2D eigenvalue weighted by Crippen LogP contribution is -2.45. The molecule has 6 nitrogen and oxygen atoms in total.